The fourth-order valence-corrected chi connectivity index (χ4v) is 1.92. The molecule has 0 aliphatic carbocycles. The molecule has 1 aliphatic heterocycles. The van der Waals surface area contributed by atoms with Gasteiger partial charge in [-0.1, -0.05) is 19.1 Å². The maximum absolute atomic E-state index is 5.69. The van der Waals surface area contributed by atoms with Crippen LogP contribution in [0.15, 0.2) is 24.3 Å². The zero-order chi connectivity index (χ0) is 9.54. The molecule has 14 heavy (non-hydrogen) atoms. The molecule has 3 rings (SSSR count). The van der Waals surface area contributed by atoms with E-state index in [-0.39, 0.29) is 0 Å². The summed E-state index contributed by atoms with van der Waals surface area (Å²) < 4.78 is 7.85. The molecule has 0 spiro atoms. The smallest absolute Gasteiger partial charge is 0.297 e. The number of rotatable bonds is 1. The lowest BCUT2D eigenvalue weighted by atomic mass is 10.2. The molecule has 1 aromatic heterocycles. The quantitative estimate of drug-likeness (QED) is 0.686. The number of nitrogens with zero attached hydrogens (tertiary/aromatic N) is 2. The van der Waals surface area contributed by atoms with Crippen molar-refractivity contribution in [3.05, 3.63) is 24.3 Å². The molecule has 72 valence electrons. The summed E-state index contributed by atoms with van der Waals surface area (Å²) in [6.45, 7) is 3.08. The first-order valence-electron chi connectivity index (χ1n) is 5.00. The second-order valence-electron chi connectivity index (χ2n) is 3.64. The first-order chi connectivity index (χ1) is 6.88. The number of fused-ring (bicyclic) bond motifs is 3. The minimum absolute atomic E-state index is 0.308. The Kier molecular flexibility index (Phi) is 1.54. The van der Waals surface area contributed by atoms with Gasteiger partial charge in [0.05, 0.1) is 17.6 Å². The fourth-order valence-electron chi connectivity index (χ4n) is 1.92. The van der Waals surface area contributed by atoms with Crippen LogP contribution in [0.25, 0.3) is 11.0 Å². The van der Waals surface area contributed by atoms with Gasteiger partial charge >= 0.3 is 0 Å². The van der Waals surface area contributed by atoms with Gasteiger partial charge in [0.1, 0.15) is 6.10 Å². The lowest BCUT2D eigenvalue weighted by molar-refractivity contribution is 0.221. The van der Waals surface area contributed by atoms with Crippen molar-refractivity contribution in [1.29, 1.82) is 0 Å². The largest absolute Gasteiger partial charge is 0.459 e. The summed E-state index contributed by atoms with van der Waals surface area (Å²) in [6.07, 6.45) is 1.35. The maximum Gasteiger partial charge on any atom is 0.297 e. The van der Waals surface area contributed by atoms with Crippen LogP contribution in [0.2, 0.25) is 0 Å². The van der Waals surface area contributed by atoms with Crippen molar-refractivity contribution in [2.75, 3.05) is 0 Å². The number of hydrogen-bond acceptors (Lipinski definition) is 2. The zero-order valence-electron chi connectivity index (χ0n) is 8.10. The Morgan fingerprint density at radius 3 is 3.21 bits per heavy atom. The third-order valence-electron chi connectivity index (χ3n) is 2.73. The van der Waals surface area contributed by atoms with Crippen LogP contribution in [-0.2, 0) is 6.54 Å². The Morgan fingerprint density at radius 2 is 2.36 bits per heavy atom. The number of ether oxygens (including phenoxy) is 1. The van der Waals surface area contributed by atoms with Crippen LogP contribution < -0.4 is 4.74 Å². The topological polar surface area (TPSA) is 27.1 Å². The van der Waals surface area contributed by atoms with E-state index in [2.05, 4.69) is 22.5 Å². The summed E-state index contributed by atoms with van der Waals surface area (Å²) in [5, 5.41) is 0. The van der Waals surface area contributed by atoms with Gasteiger partial charge in [-0.3, -0.25) is 4.57 Å². The molecule has 0 saturated heterocycles. The monoisotopic (exact) mass is 188 g/mol. The van der Waals surface area contributed by atoms with Crippen LogP contribution in [0, 0.1) is 0 Å². The van der Waals surface area contributed by atoms with Crippen LogP contribution in [0.4, 0.5) is 0 Å². The predicted octanol–water partition coefficient (Wildman–Crippen LogP) is 2.21. The second kappa shape index (κ2) is 2.74. The van der Waals surface area contributed by atoms with E-state index in [0.717, 1.165) is 24.5 Å². The van der Waals surface area contributed by atoms with Crippen LogP contribution in [-0.4, -0.2) is 15.7 Å². The summed E-state index contributed by atoms with van der Waals surface area (Å²) >= 11 is 0. The summed E-state index contributed by atoms with van der Waals surface area (Å²) in [7, 11) is 0. The highest BCUT2D eigenvalue weighted by molar-refractivity contribution is 5.76. The van der Waals surface area contributed by atoms with Crippen LogP contribution >= 0.6 is 0 Å². The third-order valence-corrected chi connectivity index (χ3v) is 2.73. The van der Waals surface area contributed by atoms with E-state index in [1.165, 1.54) is 5.52 Å². The number of para-hydroxylation sites is 2. The Bertz CT molecular complexity index is 475. The van der Waals surface area contributed by atoms with Gasteiger partial charge in [0, 0.05) is 0 Å². The van der Waals surface area contributed by atoms with Crippen molar-refractivity contribution in [2.45, 2.75) is 26.0 Å². The highest BCUT2D eigenvalue weighted by Crippen LogP contribution is 2.28. The highest BCUT2D eigenvalue weighted by Gasteiger charge is 2.24. The van der Waals surface area contributed by atoms with Crippen molar-refractivity contribution in [1.82, 2.24) is 9.55 Å². The number of benzene rings is 1. The van der Waals surface area contributed by atoms with Gasteiger partial charge in [0.15, 0.2) is 0 Å². The van der Waals surface area contributed by atoms with Gasteiger partial charge in [-0.2, -0.15) is 4.98 Å². The molecule has 0 amide bonds. The van der Waals surface area contributed by atoms with Gasteiger partial charge in [-0.05, 0) is 18.6 Å². The molecule has 0 saturated carbocycles. The van der Waals surface area contributed by atoms with Gasteiger partial charge < -0.3 is 4.74 Å². The standard InChI is InChI=1S/C11H12N2O/c1-2-8-7-13-10-6-4-3-5-9(10)12-11(13)14-8/h3-6,8H,2,7H2,1H3/t8-/m1/s1. The first kappa shape index (κ1) is 7.85. The summed E-state index contributed by atoms with van der Waals surface area (Å²) in [4.78, 5) is 4.43. The van der Waals surface area contributed by atoms with Gasteiger partial charge in [0.25, 0.3) is 6.01 Å². The molecule has 2 aromatic rings. The fraction of sp³-hybridized carbons (Fsp3) is 0.364. The van der Waals surface area contributed by atoms with E-state index in [1.54, 1.807) is 0 Å². The summed E-state index contributed by atoms with van der Waals surface area (Å²) in [5.74, 6) is 0. The molecular weight excluding hydrogens is 176 g/mol. The molecule has 0 N–H and O–H groups in total. The molecule has 0 radical (unpaired) electrons. The number of aromatic nitrogens is 2. The Morgan fingerprint density at radius 1 is 1.50 bits per heavy atom. The second-order valence-corrected chi connectivity index (χ2v) is 3.64. The SMILES string of the molecule is CC[C@@H]1Cn2c(nc3ccccc32)O1. The van der Waals surface area contributed by atoms with E-state index in [0.29, 0.717) is 6.10 Å². The van der Waals surface area contributed by atoms with Gasteiger partial charge in [-0.15, -0.1) is 0 Å². The highest BCUT2D eigenvalue weighted by atomic mass is 16.5. The average molecular weight is 188 g/mol. The molecule has 0 unspecified atom stereocenters. The molecule has 0 fully saturated rings. The maximum atomic E-state index is 5.69. The van der Waals surface area contributed by atoms with Crippen LogP contribution in [0.1, 0.15) is 13.3 Å². The molecule has 0 bridgehead atoms. The Labute approximate surface area is 82.3 Å². The minimum atomic E-state index is 0.308. The van der Waals surface area contributed by atoms with Crippen molar-refractivity contribution in [3.8, 4) is 6.01 Å². The Hall–Kier alpha value is -1.51. The van der Waals surface area contributed by atoms with E-state index in [9.17, 15) is 0 Å². The van der Waals surface area contributed by atoms with Crippen LogP contribution in [0.5, 0.6) is 6.01 Å². The average Bonchev–Trinajstić information content (AvgIpc) is 2.73. The van der Waals surface area contributed by atoms with Gasteiger partial charge in [-0.25, -0.2) is 0 Å². The minimum Gasteiger partial charge on any atom is -0.459 e. The molecule has 1 atom stereocenters. The number of hydrogen-bond donors (Lipinski definition) is 0. The zero-order valence-corrected chi connectivity index (χ0v) is 8.10. The molecule has 3 heteroatoms. The van der Waals surface area contributed by atoms with E-state index in [4.69, 9.17) is 4.74 Å². The molecule has 3 nitrogen and oxygen atoms in total. The molecular formula is C11H12N2O. The van der Waals surface area contributed by atoms with Crippen molar-refractivity contribution < 1.29 is 4.74 Å². The van der Waals surface area contributed by atoms with Crippen molar-refractivity contribution in [2.24, 2.45) is 0 Å². The Balaban J connectivity index is 2.16. The van der Waals surface area contributed by atoms with E-state index >= 15 is 0 Å². The first-order valence-corrected chi connectivity index (χ1v) is 5.00. The third kappa shape index (κ3) is 0.953. The van der Waals surface area contributed by atoms with Gasteiger partial charge in [0.2, 0.25) is 0 Å². The summed E-state index contributed by atoms with van der Waals surface area (Å²) in [5.41, 5.74) is 2.20. The lowest BCUT2D eigenvalue weighted by Gasteiger charge is -2.04. The van der Waals surface area contributed by atoms with Crippen molar-refractivity contribution >= 4 is 11.0 Å². The summed E-state index contributed by atoms with van der Waals surface area (Å²) in [6, 6.07) is 8.93. The van der Waals surface area contributed by atoms with Crippen LogP contribution in [0.3, 0.4) is 0 Å². The number of imidazole rings is 1. The predicted molar refractivity (Wildman–Crippen MR) is 54.4 cm³/mol. The molecule has 2 heterocycles. The molecule has 1 aliphatic rings. The van der Waals surface area contributed by atoms with E-state index in [1.807, 2.05) is 18.2 Å². The van der Waals surface area contributed by atoms with E-state index < -0.39 is 0 Å². The lowest BCUT2D eigenvalue weighted by Crippen LogP contribution is -2.12. The molecule has 1 aromatic carbocycles. The van der Waals surface area contributed by atoms with Crippen molar-refractivity contribution in [3.63, 3.8) is 0 Å². The normalized spacial score (nSPS) is 19.6.